The van der Waals surface area contributed by atoms with E-state index < -0.39 is 9.84 Å². The zero-order valence-corrected chi connectivity index (χ0v) is 14.1. The van der Waals surface area contributed by atoms with E-state index in [9.17, 15) is 8.42 Å². The van der Waals surface area contributed by atoms with E-state index in [0.717, 1.165) is 5.56 Å². The molecule has 0 saturated carbocycles. The highest BCUT2D eigenvalue weighted by atomic mass is 35.5. The molecule has 1 aromatic heterocycles. The molecule has 2 aromatic carbocycles. The molecule has 0 aliphatic carbocycles. The van der Waals surface area contributed by atoms with Crippen LogP contribution >= 0.6 is 11.6 Å². The van der Waals surface area contributed by atoms with Gasteiger partial charge >= 0.3 is 0 Å². The van der Waals surface area contributed by atoms with Gasteiger partial charge in [0.1, 0.15) is 10.6 Å². The van der Waals surface area contributed by atoms with Crippen molar-refractivity contribution in [1.82, 2.24) is 4.98 Å². The Morgan fingerprint density at radius 2 is 1.78 bits per heavy atom. The normalized spacial score (nSPS) is 11.6. The molecule has 0 fully saturated rings. The molecule has 0 amide bonds. The maximum absolute atomic E-state index is 12.9. The van der Waals surface area contributed by atoms with E-state index in [1.165, 1.54) is 13.3 Å². The number of aryl methyl sites for hydroxylation is 1. The Morgan fingerprint density at radius 1 is 1.09 bits per heavy atom. The first-order chi connectivity index (χ1) is 10.9. The minimum Gasteiger partial charge on any atom is -0.495 e. The molecule has 0 spiro atoms. The van der Waals surface area contributed by atoms with E-state index in [0.29, 0.717) is 15.9 Å². The minimum absolute atomic E-state index is 0.0404. The van der Waals surface area contributed by atoms with Crippen LogP contribution in [-0.2, 0) is 9.84 Å². The van der Waals surface area contributed by atoms with E-state index in [4.69, 9.17) is 16.3 Å². The SMILES string of the molecule is COc1c(S(=O)(=O)c2ccc(C)cc2)cnc2cc(Cl)ccc12. The lowest BCUT2D eigenvalue weighted by atomic mass is 10.2. The van der Waals surface area contributed by atoms with Crippen molar-refractivity contribution in [3.63, 3.8) is 0 Å². The minimum atomic E-state index is -3.72. The van der Waals surface area contributed by atoms with E-state index in [-0.39, 0.29) is 15.5 Å². The van der Waals surface area contributed by atoms with Crippen LogP contribution in [0, 0.1) is 6.92 Å². The largest absolute Gasteiger partial charge is 0.495 e. The molecule has 4 nitrogen and oxygen atoms in total. The van der Waals surface area contributed by atoms with Crippen molar-refractivity contribution in [2.24, 2.45) is 0 Å². The second kappa shape index (κ2) is 5.83. The summed E-state index contributed by atoms with van der Waals surface area (Å²) in [5.41, 5.74) is 1.57. The quantitative estimate of drug-likeness (QED) is 0.717. The molecular weight excluding hydrogens is 334 g/mol. The van der Waals surface area contributed by atoms with Crippen molar-refractivity contribution in [1.29, 1.82) is 0 Å². The van der Waals surface area contributed by atoms with Gasteiger partial charge in [-0.25, -0.2) is 8.42 Å². The fourth-order valence-electron chi connectivity index (χ4n) is 2.37. The molecule has 3 aromatic rings. The van der Waals surface area contributed by atoms with Crippen molar-refractivity contribution in [2.45, 2.75) is 16.7 Å². The van der Waals surface area contributed by atoms with Gasteiger partial charge in [-0.15, -0.1) is 0 Å². The summed E-state index contributed by atoms with van der Waals surface area (Å²) >= 11 is 5.96. The Morgan fingerprint density at radius 3 is 2.43 bits per heavy atom. The van der Waals surface area contributed by atoms with Gasteiger partial charge in [-0.1, -0.05) is 29.3 Å². The van der Waals surface area contributed by atoms with Gasteiger partial charge in [0.05, 0.1) is 23.7 Å². The van der Waals surface area contributed by atoms with Crippen LogP contribution in [-0.4, -0.2) is 20.5 Å². The molecule has 0 N–H and O–H groups in total. The Labute approximate surface area is 139 Å². The number of fused-ring (bicyclic) bond motifs is 1. The molecule has 3 rings (SSSR count). The summed E-state index contributed by atoms with van der Waals surface area (Å²) in [6, 6.07) is 11.7. The number of ether oxygens (including phenoxy) is 1. The van der Waals surface area contributed by atoms with Crippen LogP contribution in [0.4, 0.5) is 0 Å². The summed E-state index contributed by atoms with van der Waals surface area (Å²) in [6.07, 6.45) is 1.31. The van der Waals surface area contributed by atoms with E-state index in [1.807, 2.05) is 6.92 Å². The molecule has 1 heterocycles. The van der Waals surface area contributed by atoms with Gasteiger partial charge in [-0.2, -0.15) is 0 Å². The second-order valence-electron chi connectivity index (χ2n) is 5.13. The van der Waals surface area contributed by atoms with E-state index in [2.05, 4.69) is 4.98 Å². The lowest BCUT2D eigenvalue weighted by Crippen LogP contribution is -2.05. The first kappa shape index (κ1) is 15.8. The maximum Gasteiger partial charge on any atom is 0.211 e. The predicted octanol–water partition coefficient (Wildman–Crippen LogP) is 4.04. The first-order valence-electron chi connectivity index (χ1n) is 6.87. The fourth-order valence-corrected chi connectivity index (χ4v) is 3.91. The van der Waals surface area contributed by atoms with Gasteiger partial charge < -0.3 is 4.74 Å². The molecule has 6 heteroatoms. The second-order valence-corrected chi connectivity index (χ2v) is 7.49. The Kier molecular flexibility index (Phi) is 4.00. The number of aromatic nitrogens is 1. The zero-order chi connectivity index (χ0) is 16.6. The number of sulfone groups is 1. The van der Waals surface area contributed by atoms with Gasteiger partial charge in [-0.05, 0) is 37.3 Å². The van der Waals surface area contributed by atoms with Crippen LogP contribution in [0.5, 0.6) is 5.75 Å². The lowest BCUT2D eigenvalue weighted by molar-refractivity contribution is 0.407. The summed E-state index contributed by atoms with van der Waals surface area (Å²) in [7, 11) is -2.28. The molecule has 0 bridgehead atoms. The third-order valence-electron chi connectivity index (χ3n) is 3.57. The number of methoxy groups -OCH3 is 1. The third-order valence-corrected chi connectivity index (χ3v) is 5.57. The molecule has 0 aliphatic rings. The first-order valence-corrected chi connectivity index (χ1v) is 8.73. The van der Waals surface area contributed by atoms with E-state index in [1.54, 1.807) is 42.5 Å². The predicted molar refractivity (Wildman–Crippen MR) is 89.9 cm³/mol. The van der Waals surface area contributed by atoms with Crippen molar-refractivity contribution in [3.05, 3.63) is 59.2 Å². The monoisotopic (exact) mass is 347 g/mol. The van der Waals surface area contributed by atoms with Crippen LogP contribution in [0.3, 0.4) is 0 Å². The van der Waals surface area contributed by atoms with Gasteiger partial charge in [-0.3, -0.25) is 4.98 Å². The lowest BCUT2D eigenvalue weighted by Gasteiger charge is -2.12. The van der Waals surface area contributed by atoms with Crippen LogP contribution in [0.15, 0.2) is 58.5 Å². The highest BCUT2D eigenvalue weighted by Gasteiger charge is 2.24. The van der Waals surface area contributed by atoms with Crippen molar-refractivity contribution in [3.8, 4) is 5.75 Å². The Hall–Kier alpha value is -2.11. The van der Waals surface area contributed by atoms with Crippen molar-refractivity contribution in [2.75, 3.05) is 7.11 Å². The number of pyridine rings is 1. The van der Waals surface area contributed by atoms with Gasteiger partial charge in [0.2, 0.25) is 9.84 Å². The number of hydrogen-bond acceptors (Lipinski definition) is 4. The molecule has 0 unspecified atom stereocenters. The van der Waals surface area contributed by atoms with Crippen molar-refractivity contribution >= 4 is 32.3 Å². The zero-order valence-electron chi connectivity index (χ0n) is 12.6. The Bertz CT molecular complexity index is 983. The number of hydrogen-bond donors (Lipinski definition) is 0. The average molecular weight is 348 g/mol. The molecule has 118 valence electrons. The maximum atomic E-state index is 12.9. The fraction of sp³-hybridized carbons (Fsp3) is 0.118. The summed E-state index contributed by atoms with van der Waals surface area (Å²) in [6.45, 7) is 1.90. The number of rotatable bonds is 3. The third kappa shape index (κ3) is 2.78. The Balaban J connectivity index is 2.26. The topological polar surface area (TPSA) is 56.3 Å². The van der Waals surface area contributed by atoms with Crippen LogP contribution in [0.25, 0.3) is 10.9 Å². The number of nitrogens with zero attached hydrogens (tertiary/aromatic N) is 1. The highest BCUT2D eigenvalue weighted by molar-refractivity contribution is 7.91. The smallest absolute Gasteiger partial charge is 0.211 e. The van der Waals surface area contributed by atoms with Crippen molar-refractivity contribution < 1.29 is 13.2 Å². The molecule has 0 atom stereocenters. The molecule has 23 heavy (non-hydrogen) atoms. The molecular formula is C17H14ClNO3S. The molecule has 0 saturated heterocycles. The van der Waals surface area contributed by atoms with Gasteiger partial charge in [0.15, 0.2) is 0 Å². The standard InChI is InChI=1S/C17H14ClNO3S/c1-11-3-6-13(7-4-11)23(20,21)16-10-19-15-9-12(18)5-8-14(15)17(16)22-2/h3-10H,1-2H3. The molecule has 0 aliphatic heterocycles. The number of halogens is 1. The van der Waals surface area contributed by atoms with Crippen LogP contribution < -0.4 is 4.74 Å². The average Bonchev–Trinajstić information content (AvgIpc) is 2.53. The van der Waals surface area contributed by atoms with Crippen LogP contribution in [0.1, 0.15) is 5.56 Å². The summed E-state index contributed by atoms with van der Waals surface area (Å²) in [4.78, 5) is 4.46. The summed E-state index contributed by atoms with van der Waals surface area (Å²) in [5, 5.41) is 1.13. The number of benzene rings is 2. The van der Waals surface area contributed by atoms with Gasteiger partial charge in [0.25, 0.3) is 0 Å². The van der Waals surface area contributed by atoms with Crippen LogP contribution in [0.2, 0.25) is 5.02 Å². The highest BCUT2D eigenvalue weighted by Crippen LogP contribution is 2.35. The molecule has 0 radical (unpaired) electrons. The van der Waals surface area contributed by atoms with Gasteiger partial charge in [0, 0.05) is 10.4 Å². The van der Waals surface area contributed by atoms with E-state index >= 15 is 0 Å². The summed E-state index contributed by atoms with van der Waals surface area (Å²) < 4.78 is 31.1. The summed E-state index contributed by atoms with van der Waals surface area (Å²) in [5.74, 6) is 0.271.